The normalized spacial score (nSPS) is 16.3. The zero-order valence-corrected chi connectivity index (χ0v) is 19.3. The molecule has 0 radical (unpaired) electrons. The highest BCUT2D eigenvalue weighted by Crippen LogP contribution is 2.12. The van der Waals surface area contributed by atoms with Gasteiger partial charge in [-0.05, 0) is 39.7 Å². The van der Waals surface area contributed by atoms with E-state index in [-0.39, 0.29) is 12.0 Å². The molecule has 1 saturated heterocycles. The van der Waals surface area contributed by atoms with Gasteiger partial charge in [-0.2, -0.15) is 0 Å². The smallest absolute Gasteiger partial charge is 0.410 e. The van der Waals surface area contributed by atoms with Crippen LogP contribution in [0.1, 0.15) is 34.6 Å². The third-order valence-electron chi connectivity index (χ3n) is 4.59. The van der Waals surface area contributed by atoms with Crippen molar-refractivity contribution in [3.8, 4) is 0 Å². The molecule has 0 saturated carbocycles. The van der Waals surface area contributed by atoms with Gasteiger partial charge in [0, 0.05) is 65.3 Å². The molecule has 0 aliphatic carbocycles. The summed E-state index contributed by atoms with van der Waals surface area (Å²) >= 11 is 0. The van der Waals surface area contributed by atoms with Gasteiger partial charge in [0.25, 0.3) is 0 Å². The molecule has 0 spiro atoms. The molecule has 1 aromatic rings. The molecule has 168 valence electrons. The minimum Gasteiger partial charge on any atom is -0.444 e. The molecule has 1 atom stereocenters. The van der Waals surface area contributed by atoms with Gasteiger partial charge in [0.15, 0.2) is 5.96 Å². The number of nitrogens with zero attached hydrogens (tertiary/aromatic N) is 6. The molecule has 1 fully saturated rings. The van der Waals surface area contributed by atoms with E-state index in [4.69, 9.17) is 9.73 Å². The van der Waals surface area contributed by atoms with Crippen LogP contribution in [-0.2, 0) is 4.74 Å². The number of hydrogen-bond acceptors (Lipinski definition) is 6. The summed E-state index contributed by atoms with van der Waals surface area (Å²) in [6, 6.07) is 1.83. The highest BCUT2D eigenvalue weighted by molar-refractivity contribution is 5.80. The summed E-state index contributed by atoms with van der Waals surface area (Å²) in [7, 11) is 1.77. The third kappa shape index (κ3) is 7.68. The van der Waals surface area contributed by atoms with Crippen LogP contribution in [0.4, 0.5) is 10.7 Å². The fourth-order valence-corrected chi connectivity index (χ4v) is 3.18. The number of ether oxygens (including phenoxy) is 1. The molecule has 9 heteroatoms. The number of nitrogens with one attached hydrogen (secondary N) is 1. The first-order valence-corrected chi connectivity index (χ1v) is 10.7. The maximum Gasteiger partial charge on any atom is 0.410 e. The molecule has 1 unspecified atom stereocenters. The fraction of sp³-hybridized carbons (Fsp3) is 0.714. The van der Waals surface area contributed by atoms with E-state index in [1.165, 1.54) is 0 Å². The van der Waals surface area contributed by atoms with Crippen molar-refractivity contribution in [2.45, 2.75) is 40.2 Å². The monoisotopic (exact) mass is 419 g/mol. The highest BCUT2D eigenvalue weighted by atomic mass is 16.6. The van der Waals surface area contributed by atoms with Crippen LogP contribution in [0.5, 0.6) is 0 Å². The molecule has 30 heavy (non-hydrogen) atoms. The van der Waals surface area contributed by atoms with Crippen LogP contribution < -0.4 is 10.2 Å². The molecule has 1 N–H and O–H groups in total. The standard InChI is InChI=1S/C21H37N7O2/c1-7-22-18(25-15-17(2)16-26(6)20(29)30-21(3,4)5)27-11-13-28(14-12-27)19-23-9-8-10-24-19/h8-10,17H,7,11-16H2,1-6H3,(H,22,25). The summed E-state index contributed by atoms with van der Waals surface area (Å²) in [5.74, 6) is 1.91. The van der Waals surface area contributed by atoms with Crippen molar-refractivity contribution in [1.29, 1.82) is 0 Å². The van der Waals surface area contributed by atoms with E-state index in [2.05, 4.69) is 38.9 Å². The van der Waals surface area contributed by atoms with E-state index in [0.717, 1.165) is 44.6 Å². The fourth-order valence-electron chi connectivity index (χ4n) is 3.18. The molecule has 2 heterocycles. The van der Waals surface area contributed by atoms with Crippen molar-refractivity contribution < 1.29 is 9.53 Å². The number of piperazine rings is 1. The first-order valence-electron chi connectivity index (χ1n) is 10.7. The lowest BCUT2D eigenvalue weighted by Gasteiger charge is -2.36. The maximum absolute atomic E-state index is 12.2. The predicted molar refractivity (Wildman–Crippen MR) is 120 cm³/mol. The van der Waals surface area contributed by atoms with E-state index in [9.17, 15) is 4.79 Å². The molecule has 2 rings (SSSR count). The number of aromatic nitrogens is 2. The van der Waals surface area contributed by atoms with E-state index in [1.54, 1.807) is 24.3 Å². The van der Waals surface area contributed by atoms with Crippen LogP contribution in [-0.4, -0.2) is 90.3 Å². The van der Waals surface area contributed by atoms with Crippen molar-refractivity contribution >= 4 is 18.0 Å². The molecular formula is C21H37N7O2. The maximum atomic E-state index is 12.2. The van der Waals surface area contributed by atoms with E-state index in [1.807, 2.05) is 26.8 Å². The van der Waals surface area contributed by atoms with Gasteiger partial charge in [-0.1, -0.05) is 6.92 Å². The van der Waals surface area contributed by atoms with E-state index < -0.39 is 5.60 Å². The largest absolute Gasteiger partial charge is 0.444 e. The van der Waals surface area contributed by atoms with E-state index >= 15 is 0 Å². The number of anilines is 1. The number of aliphatic imine (C=N–C) groups is 1. The SMILES string of the molecule is CCNC(=NCC(C)CN(C)C(=O)OC(C)(C)C)N1CCN(c2ncccn2)CC1. The molecular weight excluding hydrogens is 382 g/mol. The van der Waals surface area contributed by atoms with Gasteiger partial charge in [-0.3, -0.25) is 4.99 Å². The summed E-state index contributed by atoms with van der Waals surface area (Å²) < 4.78 is 5.42. The Labute approximate surface area is 180 Å². The van der Waals surface area contributed by atoms with Crippen molar-refractivity contribution in [3.05, 3.63) is 18.5 Å². The molecule has 1 aliphatic heterocycles. The van der Waals surface area contributed by atoms with Crippen LogP contribution in [0.3, 0.4) is 0 Å². The summed E-state index contributed by atoms with van der Waals surface area (Å²) in [5, 5.41) is 3.39. The van der Waals surface area contributed by atoms with Crippen molar-refractivity contribution in [1.82, 2.24) is 25.1 Å². The van der Waals surface area contributed by atoms with Crippen molar-refractivity contribution in [2.24, 2.45) is 10.9 Å². The van der Waals surface area contributed by atoms with Crippen molar-refractivity contribution in [2.75, 3.05) is 57.8 Å². The van der Waals surface area contributed by atoms with Crippen LogP contribution in [0.15, 0.2) is 23.5 Å². The van der Waals surface area contributed by atoms with Crippen molar-refractivity contribution in [3.63, 3.8) is 0 Å². The Morgan fingerprint density at radius 1 is 1.27 bits per heavy atom. The minimum atomic E-state index is -0.488. The van der Waals surface area contributed by atoms with Gasteiger partial charge >= 0.3 is 6.09 Å². The number of rotatable bonds is 6. The Bertz CT molecular complexity index is 682. The van der Waals surface area contributed by atoms with Crippen LogP contribution >= 0.6 is 0 Å². The second-order valence-corrected chi connectivity index (χ2v) is 8.68. The first kappa shape index (κ1) is 23.7. The number of amides is 1. The van der Waals surface area contributed by atoms with Gasteiger partial charge < -0.3 is 24.8 Å². The van der Waals surface area contributed by atoms with Crippen LogP contribution in [0, 0.1) is 5.92 Å². The topological polar surface area (TPSA) is 86.2 Å². The number of carbonyl (C=O) groups is 1. The molecule has 1 aliphatic rings. The predicted octanol–water partition coefficient (Wildman–Crippen LogP) is 2.07. The lowest BCUT2D eigenvalue weighted by molar-refractivity contribution is 0.0279. The van der Waals surface area contributed by atoms with Gasteiger partial charge in [0.1, 0.15) is 5.60 Å². The summed E-state index contributed by atoms with van der Waals surface area (Å²) in [6.07, 6.45) is 3.25. The Balaban J connectivity index is 1.87. The Morgan fingerprint density at radius 2 is 1.90 bits per heavy atom. The average molecular weight is 420 g/mol. The molecule has 1 amide bonds. The quantitative estimate of drug-likeness (QED) is 0.558. The summed E-state index contributed by atoms with van der Waals surface area (Å²) in [4.78, 5) is 31.8. The number of guanidine groups is 1. The third-order valence-corrected chi connectivity index (χ3v) is 4.59. The molecule has 0 aromatic carbocycles. The second kappa shape index (κ2) is 11.0. The van der Waals surface area contributed by atoms with Crippen LogP contribution in [0.2, 0.25) is 0 Å². The van der Waals surface area contributed by atoms with Crippen LogP contribution in [0.25, 0.3) is 0 Å². The summed E-state index contributed by atoms with van der Waals surface area (Å²) in [5.41, 5.74) is -0.488. The first-order chi connectivity index (χ1) is 14.2. The molecule has 9 nitrogen and oxygen atoms in total. The Hall–Kier alpha value is -2.58. The number of carbonyl (C=O) groups excluding carboxylic acids is 1. The highest BCUT2D eigenvalue weighted by Gasteiger charge is 2.23. The zero-order chi connectivity index (χ0) is 22.1. The minimum absolute atomic E-state index is 0.218. The molecule has 1 aromatic heterocycles. The lowest BCUT2D eigenvalue weighted by Crippen LogP contribution is -2.53. The Morgan fingerprint density at radius 3 is 2.47 bits per heavy atom. The zero-order valence-electron chi connectivity index (χ0n) is 19.3. The summed E-state index contributed by atoms with van der Waals surface area (Å²) in [6.45, 7) is 15.3. The van der Waals surface area contributed by atoms with Gasteiger partial charge in [-0.25, -0.2) is 14.8 Å². The number of hydrogen-bond donors (Lipinski definition) is 1. The lowest BCUT2D eigenvalue weighted by atomic mass is 10.2. The average Bonchev–Trinajstić information content (AvgIpc) is 2.70. The van der Waals surface area contributed by atoms with Gasteiger partial charge in [0.2, 0.25) is 5.95 Å². The molecule has 0 bridgehead atoms. The second-order valence-electron chi connectivity index (χ2n) is 8.68. The van der Waals surface area contributed by atoms with E-state index in [0.29, 0.717) is 13.1 Å². The van der Waals surface area contributed by atoms with Gasteiger partial charge in [0.05, 0.1) is 0 Å². The Kier molecular flexibility index (Phi) is 8.68. The van der Waals surface area contributed by atoms with Gasteiger partial charge in [-0.15, -0.1) is 0 Å².